The highest BCUT2D eigenvalue weighted by atomic mass is 15.3. The molecule has 5 heteroatoms. The second-order valence-electron chi connectivity index (χ2n) is 7.15. The molecule has 0 saturated carbocycles. The highest BCUT2D eigenvalue weighted by Crippen LogP contribution is 2.25. The first-order valence-electron chi connectivity index (χ1n) is 9.12. The third kappa shape index (κ3) is 4.03. The molecule has 25 heavy (non-hydrogen) atoms. The number of hydrogen-bond donors (Lipinski definition) is 1. The molecular formula is C20H29N5. The van der Waals surface area contributed by atoms with Gasteiger partial charge in [0.05, 0.1) is 0 Å². The number of piperazine rings is 1. The third-order valence-corrected chi connectivity index (χ3v) is 4.78. The second kappa shape index (κ2) is 7.30. The summed E-state index contributed by atoms with van der Waals surface area (Å²) in [6.45, 7) is 14.6. The molecule has 0 atom stereocenters. The number of rotatable bonds is 4. The van der Waals surface area contributed by atoms with Crippen molar-refractivity contribution in [3.63, 3.8) is 0 Å². The monoisotopic (exact) mass is 339 g/mol. The molecule has 0 spiro atoms. The van der Waals surface area contributed by atoms with Crippen LogP contribution in [0.15, 0.2) is 24.3 Å². The Balaban J connectivity index is 1.72. The highest BCUT2D eigenvalue weighted by Gasteiger charge is 2.20. The maximum atomic E-state index is 4.65. The maximum Gasteiger partial charge on any atom is 0.134 e. The van der Waals surface area contributed by atoms with E-state index in [1.54, 1.807) is 0 Å². The van der Waals surface area contributed by atoms with Gasteiger partial charge in [0.1, 0.15) is 17.5 Å². The molecule has 1 aromatic heterocycles. The normalized spacial score (nSPS) is 15.0. The van der Waals surface area contributed by atoms with Gasteiger partial charge < -0.3 is 15.1 Å². The van der Waals surface area contributed by atoms with Gasteiger partial charge in [0.2, 0.25) is 0 Å². The smallest absolute Gasteiger partial charge is 0.134 e. The third-order valence-electron chi connectivity index (χ3n) is 4.78. The van der Waals surface area contributed by atoms with Crippen LogP contribution in [0.25, 0.3) is 0 Å². The summed E-state index contributed by atoms with van der Waals surface area (Å²) in [5.41, 5.74) is 4.11. The average Bonchev–Trinajstić information content (AvgIpc) is 2.56. The maximum absolute atomic E-state index is 4.65. The summed E-state index contributed by atoms with van der Waals surface area (Å²) in [5, 5.41) is 3.39. The van der Waals surface area contributed by atoms with Crippen LogP contribution in [0.3, 0.4) is 0 Å². The SMILES string of the molecule is Cc1nc(NC(C)C)cc(N2CCN(c3cccc(C)c3C)CC2)n1. The molecule has 2 heterocycles. The van der Waals surface area contributed by atoms with Crippen LogP contribution >= 0.6 is 0 Å². The molecule has 0 unspecified atom stereocenters. The molecule has 1 aromatic carbocycles. The van der Waals surface area contributed by atoms with Crippen LogP contribution in [0.5, 0.6) is 0 Å². The lowest BCUT2D eigenvalue weighted by atomic mass is 10.1. The summed E-state index contributed by atoms with van der Waals surface area (Å²) >= 11 is 0. The zero-order chi connectivity index (χ0) is 18.0. The lowest BCUT2D eigenvalue weighted by Gasteiger charge is -2.37. The summed E-state index contributed by atoms with van der Waals surface area (Å²) in [7, 11) is 0. The first kappa shape index (κ1) is 17.5. The molecule has 0 bridgehead atoms. The molecule has 0 aliphatic carbocycles. The highest BCUT2D eigenvalue weighted by molar-refractivity contribution is 5.58. The lowest BCUT2D eigenvalue weighted by Crippen LogP contribution is -2.47. The number of benzene rings is 1. The molecule has 1 aliphatic rings. The number of aryl methyl sites for hydroxylation is 2. The average molecular weight is 339 g/mol. The van der Waals surface area contributed by atoms with Crippen LogP contribution in [0.4, 0.5) is 17.3 Å². The van der Waals surface area contributed by atoms with Gasteiger partial charge in [-0.3, -0.25) is 0 Å². The van der Waals surface area contributed by atoms with E-state index < -0.39 is 0 Å². The zero-order valence-electron chi connectivity index (χ0n) is 16.0. The number of anilines is 3. The number of nitrogens with zero attached hydrogens (tertiary/aromatic N) is 4. The van der Waals surface area contributed by atoms with E-state index >= 15 is 0 Å². The Kier molecular flexibility index (Phi) is 5.11. The predicted octanol–water partition coefficient (Wildman–Crippen LogP) is 3.55. The molecule has 3 rings (SSSR count). The standard InChI is InChI=1S/C20H29N5/c1-14(2)21-19-13-20(23-17(5)22-19)25-11-9-24(10-12-25)18-8-6-7-15(3)16(18)4/h6-8,13-14H,9-12H2,1-5H3,(H,21,22,23). The van der Waals surface area contributed by atoms with Crippen LogP contribution in [-0.4, -0.2) is 42.2 Å². The van der Waals surface area contributed by atoms with Gasteiger partial charge in [0.15, 0.2) is 0 Å². The number of hydrogen-bond acceptors (Lipinski definition) is 5. The topological polar surface area (TPSA) is 44.3 Å². The number of aromatic nitrogens is 2. The van der Waals surface area contributed by atoms with Crippen molar-refractivity contribution in [1.82, 2.24) is 9.97 Å². The largest absolute Gasteiger partial charge is 0.368 e. The predicted molar refractivity (Wildman–Crippen MR) is 106 cm³/mol. The van der Waals surface area contributed by atoms with Gasteiger partial charge in [0.25, 0.3) is 0 Å². The Morgan fingerprint density at radius 2 is 1.64 bits per heavy atom. The van der Waals surface area contributed by atoms with Crippen LogP contribution in [0.1, 0.15) is 30.8 Å². The molecule has 134 valence electrons. The van der Waals surface area contributed by atoms with E-state index in [2.05, 4.69) is 77.0 Å². The van der Waals surface area contributed by atoms with E-state index in [-0.39, 0.29) is 0 Å². The first-order valence-corrected chi connectivity index (χ1v) is 9.12. The Labute approximate surface area is 151 Å². The van der Waals surface area contributed by atoms with Crippen LogP contribution in [-0.2, 0) is 0 Å². The van der Waals surface area contributed by atoms with Crippen LogP contribution in [0.2, 0.25) is 0 Å². The van der Waals surface area contributed by atoms with Gasteiger partial charge in [-0.2, -0.15) is 0 Å². The molecule has 0 radical (unpaired) electrons. The van der Waals surface area contributed by atoms with Crippen LogP contribution in [0, 0.1) is 20.8 Å². The minimum absolute atomic E-state index is 0.364. The van der Waals surface area contributed by atoms with E-state index in [9.17, 15) is 0 Å². The van der Waals surface area contributed by atoms with Crippen molar-refractivity contribution >= 4 is 17.3 Å². The van der Waals surface area contributed by atoms with Gasteiger partial charge in [-0.1, -0.05) is 12.1 Å². The summed E-state index contributed by atoms with van der Waals surface area (Å²) in [6.07, 6.45) is 0. The summed E-state index contributed by atoms with van der Waals surface area (Å²) in [5.74, 6) is 2.75. The lowest BCUT2D eigenvalue weighted by molar-refractivity contribution is 0.644. The molecular weight excluding hydrogens is 310 g/mol. The minimum Gasteiger partial charge on any atom is -0.368 e. The summed E-state index contributed by atoms with van der Waals surface area (Å²) < 4.78 is 0. The fourth-order valence-corrected chi connectivity index (χ4v) is 3.34. The van der Waals surface area contributed by atoms with Crippen molar-refractivity contribution in [2.75, 3.05) is 41.3 Å². The fourth-order valence-electron chi connectivity index (χ4n) is 3.34. The Morgan fingerprint density at radius 3 is 2.32 bits per heavy atom. The molecule has 0 amide bonds. The van der Waals surface area contributed by atoms with Gasteiger partial charge in [0, 0.05) is 44.0 Å². The fraction of sp³-hybridized carbons (Fsp3) is 0.500. The molecule has 2 aromatic rings. The first-order chi connectivity index (χ1) is 11.9. The second-order valence-corrected chi connectivity index (χ2v) is 7.15. The quantitative estimate of drug-likeness (QED) is 0.923. The van der Waals surface area contributed by atoms with Gasteiger partial charge in [-0.05, 0) is 51.8 Å². The van der Waals surface area contributed by atoms with Gasteiger partial charge in [-0.15, -0.1) is 0 Å². The summed E-state index contributed by atoms with van der Waals surface area (Å²) in [4.78, 5) is 14.0. The molecule has 1 N–H and O–H groups in total. The van der Waals surface area contributed by atoms with E-state index in [4.69, 9.17) is 0 Å². The van der Waals surface area contributed by atoms with E-state index in [1.807, 2.05) is 6.92 Å². The van der Waals surface area contributed by atoms with Crippen LogP contribution < -0.4 is 15.1 Å². The zero-order valence-corrected chi connectivity index (χ0v) is 16.0. The van der Waals surface area contributed by atoms with Gasteiger partial charge in [-0.25, -0.2) is 9.97 Å². The molecule has 5 nitrogen and oxygen atoms in total. The van der Waals surface area contributed by atoms with E-state index in [0.29, 0.717) is 6.04 Å². The van der Waals surface area contributed by atoms with Crippen molar-refractivity contribution in [1.29, 1.82) is 0 Å². The molecule has 1 saturated heterocycles. The van der Waals surface area contributed by atoms with E-state index in [0.717, 1.165) is 43.6 Å². The Bertz CT molecular complexity index is 733. The van der Waals surface area contributed by atoms with Crippen molar-refractivity contribution < 1.29 is 0 Å². The Morgan fingerprint density at radius 1 is 0.960 bits per heavy atom. The van der Waals surface area contributed by atoms with Crippen molar-refractivity contribution in [3.05, 3.63) is 41.2 Å². The minimum atomic E-state index is 0.364. The van der Waals surface area contributed by atoms with Crippen molar-refractivity contribution in [3.8, 4) is 0 Å². The van der Waals surface area contributed by atoms with Gasteiger partial charge >= 0.3 is 0 Å². The molecule has 1 aliphatic heterocycles. The summed E-state index contributed by atoms with van der Waals surface area (Å²) in [6, 6.07) is 9.00. The van der Waals surface area contributed by atoms with E-state index in [1.165, 1.54) is 16.8 Å². The number of nitrogens with one attached hydrogen (secondary N) is 1. The Hall–Kier alpha value is -2.30. The van der Waals surface area contributed by atoms with Crippen molar-refractivity contribution in [2.24, 2.45) is 0 Å². The molecule has 1 fully saturated rings. The van der Waals surface area contributed by atoms with Crippen molar-refractivity contribution in [2.45, 2.75) is 40.7 Å².